The molecule has 0 aliphatic heterocycles. The number of rotatable bonds is 2. The van der Waals surface area contributed by atoms with E-state index in [4.69, 9.17) is 17.5 Å². The summed E-state index contributed by atoms with van der Waals surface area (Å²) >= 11 is 0. The number of quaternary nitrogens is 2. The Morgan fingerprint density at radius 1 is 0.714 bits per heavy atom. The van der Waals surface area contributed by atoms with Gasteiger partial charge in [0.15, 0.2) is 0 Å². The lowest BCUT2D eigenvalue weighted by Crippen LogP contribution is -2.53. The van der Waals surface area contributed by atoms with Gasteiger partial charge in [-0.15, -0.1) is 0 Å². The first kappa shape index (κ1) is 20.8. The van der Waals surface area contributed by atoms with Crippen molar-refractivity contribution in [1.82, 2.24) is 0 Å². The van der Waals surface area contributed by atoms with E-state index < -0.39 is 10.4 Å². The summed E-state index contributed by atoms with van der Waals surface area (Å²) in [7, 11) is -5.17. The highest BCUT2D eigenvalue weighted by molar-refractivity contribution is 7.79. The molecule has 6 N–H and O–H groups in total. The van der Waals surface area contributed by atoms with Gasteiger partial charge in [-0.1, -0.05) is 38.5 Å². The van der Waals surface area contributed by atoms with E-state index in [0.29, 0.717) is 0 Å². The fourth-order valence-electron chi connectivity index (χ4n) is 2.95. The first-order chi connectivity index (χ1) is 9.86. The molecule has 0 unspecified atom stereocenters. The topological polar surface area (TPSA) is 136 Å². The van der Waals surface area contributed by atoms with Gasteiger partial charge in [0.2, 0.25) is 0 Å². The zero-order valence-corrected chi connectivity index (χ0v) is 13.9. The molecule has 0 aromatic rings. The van der Waals surface area contributed by atoms with Gasteiger partial charge in [0.1, 0.15) is 0 Å². The van der Waals surface area contributed by atoms with Crippen LogP contribution < -0.4 is 11.5 Å². The van der Waals surface area contributed by atoms with Crippen molar-refractivity contribution in [2.24, 2.45) is 11.8 Å². The van der Waals surface area contributed by atoms with Crippen LogP contribution >= 0.6 is 0 Å². The van der Waals surface area contributed by atoms with Crippen LogP contribution in [0.4, 0.5) is 0 Å². The van der Waals surface area contributed by atoms with E-state index in [-0.39, 0.29) is 0 Å². The molecule has 0 atom stereocenters. The normalized spacial score (nSPS) is 20.8. The van der Waals surface area contributed by atoms with Crippen molar-refractivity contribution >= 4 is 10.4 Å². The van der Waals surface area contributed by atoms with E-state index in [1.807, 2.05) is 0 Å². The summed E-state index contributed by atoms with van der Waals surface area (Å²) in [5, 5.41) is 0. The number of hydrogen-bond acceptors (Lipinski definition) is 4. The summed E-state index contributed by atoms with van der Waals surface area (Å²) in [5.41, 5.74) is 7.82. The first-order valence-electron chi connectivity index (χ1n) is 8.12. The van der Waals surface area contributed by atoms with Crippen LogP contribution in [0.3, 0.4) is 0 Å². The van der Waals surface area contributed by atoms with Gasteiger partial charge < -0.3 is 20.6 Å². The largest absolute Gasteiger partial charge is 0.759 e. The van der Waals surface area contributed by atoms with Crippen LogP contribution in [-0.2, 0) is 10.4 Å². The molecule has 0 aromatic carbocycles. The lowest BCUT2D eigenvalue weighted by atomic mass is 9.90. The fraction of sp³-hybridized carbons (Fsp3) is 1.00. The molecule has 0 saturated heterocycles. The Morgan fingerprint density at radius 3 is 1.10 bits per heavy atom. The predicted octanol–water partition coefficient (Wildman–Crippen LogP) is 0.279. The maximum Gasteiger partial charge on any atom is 0.0768 e. The Kier molecular flexibility index (Phi) is 12.2. The van der Waals surface area contributed by atoms with Gasteiger partial charge in [0.25, 0.3) is 0 Å². The molecule has 0 heterocycles. The van der Waals surface area contributed by atoms with E-state index in [2.05, 4.69) is 11.5 Å². The average molecular weight is 324 g/mol. The monoisotopic (exact) mass is 324 g/mol. The summed E-state index contributed by atoms with van der Waals surface area (Å²) in [5.74, 6) is 1.95. The molecule has 21 heavy (non-hydrogen) atoms. The van der Waals surface area contributed by atoms with Gasteiger partial charge in [-0.2, -0.15) is 0 Å². The molecule has 2 rings (SSSR count). The number of hydrogen-bond donors (Lipinski definition) is 2. The third-order valence-corrected chi connectivity index (χ3v) is 4.27. The van der Waals surface area contributed by atoms with Crippen LogP contribution in [0.1, 0.15) is 64.2 Å². The molecular weight excluding hydrogens is 292 g/mol. The smallest absolute Gasteiger partial charge is 0.0768 e. The third-order valence-electron chi connectivity index (χ3n) is 4.27. The maximum atomic E-state index is 8.52. The average Bonchev–Trinajstić information content (AvgIpc) is 2.48. The van der Waals surface area contributed by atoms with Crippen molar-refractivity contribution in [3.8, 4) is 0 Å². The van der Waals surface area contributed by atoms with Gasteiger partial charge in [-0.3, -0.25) is 8.42 Å². The minimum atomic E-state index is -5.17. The minimum absolute atomic E-state index is 0.976. The molecule has 2 aliphatic carbocycles. The lowest BCUT2D eigenvalue weighted by molar-refractivity contribution is -0.380. The summed E-state index contributed by atoms with van der Waals surface area (Å²) in [6.45, 7) is 2.33. The Balaban J connectivity index is 0.000000296. The van der Waals surface area contributed by atoms with Crippen molar-refractivity contribution in [2.45, 2.75) is 64.2 Å². The molecule has 0 amide bonds. The molecule has 128 valence electrons. The molecule has 6 nitrogen and oxygen atoms in total. The molecule has 7 heteroatoms. The van der Waals surface area contributed by atoms with Crippen LogP contribution in [0.15, 0.2) is 0 Å². The SMILES string of the molecule is O=S(=O)([O-])[O-].[NH3+]CC1CCCCC1.[NH3+]CC1CCCCC1. The van der Waals surface area contributed by atoms with Crippen LogP contribution in [0, 0.1) is 11.8 Å². The van der Waals surface area contributed by atoms with Crippen LogP contribution in [-0.4, -0.2) is 30.6 Å². The molecule has 0 spiro atoms. The summed E-state index contributed by atoms with van der Waals surface area (Å²) in [4.78, 5) is 0. The zero-order valence-electron chi connectivity index (χ0n) is 13.1. The highest BCUT2D eigenvalue weighted by Gasteiger charge is 2.12. The Hall–Kier alpha value is -0.210. The van der Waals surface area contributed by atoms with Gasteiger partial charge in [0.05, 0.1) is 13.1 Å². The summed E-state index contributed by atoms with van der Waals surface area (Å²) < 4.78 is 34.1. The van der Waals surface area contributed by atoms with Gasteiger partial charge in [0, 0.05) is 22.2 Å². The maximum absolute atomic E-state index is 8.52. The summed E-state index contributed by atoms with van der Waals surface area (Å²) in [6.07, 6.45) is 14.6. The van der Waals surface area contributed by atoms with Crippen LogP contribution in [0.2, 0.25) is 0 Å². The third kappa shape index (κ3) is 16.0. The molecule has 2 fully saturated rings. The van der Waals surface area contributed by atoms with Crippen LogP contribution in [0.5, 0.6) is 0 Å². The summed E-state index contributed by atoms with van der Waals surface area (Å²) in [6, 6.07) is 0. The second-order valence-electron chi connectivity index (χ2n) is 5.99. The van der Waals surface area contributed by atoms with Crippen molar-refractivity contribution < 1.29 is 29.0 Å². The van der Waals surface area contributed by atoms with Crippen LogP contribution in [0.25, 0.3) is 0 Å². The molecule has 0 aromatic heterocycles. The quantitative estimate of drug-likeness (QED) is 0.557. The van der Waals surface area contributed by atoms with Crippen molar-refractivity contribution in [2.75, 3.05) is 13.1 Å². The molecule has 0 bridgehead atoms. The Morgan fingerprint density at radius 2 is 0.952 bits per heavy atom. The van der Waals surface area contributed by atoms with Crippen molar-refractivity contribution in [1.29, 1.82) is 0 Å². The Bertz CT molecular complexity index is 298. The fourth-order valence-corrected chi connectivity index (χ4v) is 2.95. The van der Waals surface area contributed by atoms with Crippen molar-refractivity contribution in [3.63, 3.8) is 0 Å². The van der Waals surface area contributed by atoms with Gasteiger partial charge >= 0.3 is 0 Å². The van der Waals surface area contributed by atoms with E-state index in [1.165, 1.54) is 77.3 Å². The second-order valence-corrected chi connectivity index (χ2v) is 6.81. The van der Waals surface area contributed by atoms with E-state index in [0.717, 1.165) is 11.8 Å². The lowest BCUT2D eigenvalue weighted by Gasteiger charge is -2.16. The molecule has 2 aliphatic rings. The predicted molar refractivity (Wildman–Crippen MR) is 79.1 cm³/mol. The second kappa shape index (κ2) is 12.3. The first-order valence-corrected chi connectivity index (χ1v) is 9.45. The standard InChI is InChI=1S/2C7H15N.H2O4S/c2*8-6-7-4-2-1-3-5-7;1-5(2,3)4/h2*7H,1-6,8H2;(H2,1,2,3,4). The van der Waals surface area contributed by atoms with E-state index >= 15 is 0 Å². The van der Waals surface area contributed by atoms with E-state index in [1.54, 1.807) is 0 Å². The molecular formula is C14H32N2O4S. The molecule has 2 saturated carbocycles. The highest BCUT2D eigenvalue weighted by atomic mass is 32.3. The van der Waals surface area contributed by atoms with Gasteiger partial charge in [-0.25, -0.2) is 0 Å². The van der Waals surface area contributed by atoms with Crippen molar-refractivity contribution in [3.05, 3.63) is 0 Å². The van der Waals surface area contributed by atoms with Gasteiger partial charge in [-0.05, 0) is 25.7 Å². The Labute approximate surface area is 129 Å². The molecule has 0 radical (unpaired) electrons. The minimum Gasteiger partial charge on any atom is -0.759 e. The highest BCUT2D eigenvalue weighted by Crippen LogP contribution is 2.22. The van der Waals surface area contributed by atoms with E-state index in [9.17, 15) is 0 Å². The zero-order chi connectivity index (χ0) is 16.1.